The van der Waals surface area contributed by atoms with Crippen LogP contribution in [-0.4, -0.2) is 6.54 Å². The van der Waals surface area contributed by atoms with Gasteiger partial charge in [-0.15, -0.1) is 0 Å². The van der Waals surface area contributed by atoms with Crippen LogP contribution in [0.25, 0.3) is 0 Å². The van der Waals surface area contributed by atoms with Gasteiger partial charge in [0.1, 0.15) is 0 Å². The Kier molecular flexibility index (Phi) is 7.24. The van der Waals surface area contributed by atoms with E-state index in [1.807, 2.05) is 0 Å². The van der Waals surface area contributed by atoms with Crippen LogP contribution in [0.15, 0.2) is 54.6 Å². The SMILES string of the molecule is CCCNC(CCCc1ccccc1)c1ccccc1I. The van der Waals surface area contributed by atoms with Crippen LogP contribution in [0, 0.1) is 3.57 Å². The van der Waals surface area contributed by atoms with E-state index in [9.17, 15) is 0 Å². The van der Waals surface area contributed by atoms with E-state index in [4.69, 9.17) is 0 Å². The smallest absolute Gasteiger partial charge is 0.0330 e. The van der Waals surface area contributed by atoms with Crippen molar-refractivity contribution >= 4 is 22.6 Å². The van der Waals surface area contributed by atoms with Gasteiger partial charge in [0.25, 0.3) is 0 Å². The molecule has 0 bridgehead atoms. The van der Waals surface area contributed by atoms with E-state index in [1.54, 1.807) is 0 Å². The molecule has 21 heavy (non-hydrogen) atoms. The van der Waals surface area contributed by atoms with E-state index in [2.05, 4.69) is 89.4 Å². The Morgan fingerprint density at radius 2 is 1.71 bits per heavy atom. The fourth-order valence-corrected chi connectivity index (χ4v) is 3.36. The highest BCUT2D eigenvalue weighted by atomic mass is 127. The molecular formula is C19H24IN. The van der Waals surface area contributed by atoms with Gasteiger partial charge in [-0.2, -0.15) is 0 Å². The summed E-state index contributed by atoms with van der Waals surface area (Å²) < 4.78 is 1.36. The molecule has 0 spiro atoms. The van der Waals surface area contributed by atoms with Crippen LogP contribution in [0.3, 0.4) is 0 Å². The molecule has 2 rings (SSSR count). The molecule has 1 unspecified atom stereocenters. The van der Waals surface area contributed by atoms with Crippen LogP contribution >= 0.6 is 22.6 Å². The lowest BCUT2D eigenvalue weighted by Crippen LogP contribution is -2.23. The molecule has 2 aromatic rings. The lowest BCUT2D eigenvalue weighted by Gasteiger charge is -2.20. The van der Waals surface area contributed by atoms with Gasteiger partial charge >= 0.3 is 0 Å². The first-order valence-corrected chi connectivity index (χ1v) is 8.91. The van der Waals surface area contributed by atoms with Crippen LogP contribution in [-0.2, 0) is 6.42 Å². The summed E-state index contributed by atoms with van der Waals surface area (Å²) in [4.78, 5) is 0. The fourth-order valence-electron chi connectivity index (χ4n) is 2.60. The van der Waals surface area contributed by atoms with Crippen molar-refractivity contribution in [2.45, 2.75) is 38.6 Å². The summed E-state index contributed by atoms with van der Waals surface area (Å²) >= 11 is 2.45. The number of benzene rings is 2. The van der Waals surface area contributed by atoms with Crippen molar-refractivity contribution in [2.24, 2.45) is 0 Å². The van der Waals surface area contributed by atoms with Gasteiger partial charge in [-0.1, -0.05) is 55.5 Å². The first-order chi connectivity index (χ1) is 10.3. The van der Waals surface area contributed by atoms with Gasteiger partial charge in [0.2, 0.25) is 0 Å². The molecule has 2 heteroatoms. The number of nitrogens with one attached hydrogen (secondary N) is 1. The predicted molar refractivity (Wildman–Crippen MR) is 99.6 cm³/mol. The molecule has 112 valence electrons. The molecule has 0 aliphatic heterocycles. The quantitative estimate of drug-likeness (QED) is 0.596. The van der Waals surface area contributed by atoms with Gasteiger partial charge in [-0.05, 0) is 72.0 Å². The molecule has 0 radical (unpaired) electrons. The molecule has 1 nitrogen and oxygen atoms in total. The topological polar surface area (TPSA) is 12.0 Å². The van der Waals surface area contributed by atoms with Crippen LogP contribution in [0.1, 0.15) is 43.4 Å². The summed E-state index contributed by atoms with van der Waals surface area (Å²) in [6.07, 6.45) is 4.75. The van der Waals surface area contributed by atoms with Gasteiger partial charge in [0.15, 0.2) is 0 Å². The molecule has 1 N–H and O–H groups in total. The molecule has 2 aromatic carbocycles. The summed E-state index contributed by atoms with van der Waals surface area (Å²) in [5, 5.41) is 3.71. The normalized spacial score (nSPS) is 12.3. The van der Waals surface area contributed by atoms with E-state index >= 15 is 0 Å². The molecule has 0 fully saturated rings. The third-order valence-corrected chi connectivity index (χ3v) is 4.70. The highest BCUT2D eigenvalue weighted by Crippen LogP contribution is 2.24. The lowest BCUT2D eigenvalue weighted by molar-refractivity contribution is 0.482. The fraction of sp³-hybridized carbons (Fsp3) is 0.368. The van der Waals surface area contributed by atoms with Crippen molar-refractivity contribution in [1.29, 1.82) is 0 Å². The van der Waals surface area contributed by atoms with Gasteiger partial charge in [-0.25, -0.2) is 0 Å². The summed E-state index contributed by atoms with van der Waals surface area (Å²) in [6, 6.07) is 20.0. The van der Waals surface area contributed by atoms with Crippen molar-refractivity contribution in [3.63, 3.8) is 0 Å². The first-order valence-electron chi connectivity index (χ1n) is 7.83. The summed E-state index contributed by atoms with van der Waals surface area (Å²) in [7, 11) is 0. The predicted octanol–water partition coefficient (Wildman–Crippen LogP) is 5.35. The Balaban J connectivity index is 1.95. The number of rotatable bonds is 8. The minimum Gasteiger partial charge on any atom is -0.310 e. The van der Waals surface area contributed by atoms with Crippen molar-refractivity contribution < 1.29 is 0 Å². The van der Waals surface area contributed by atoms with E-state index in [0.29, 0.717) is 6.04 Å². The standard InChI is InChI=1S/C19H24IN/c1-2-15-21-19(17-12-6-7-13-18(17)20)14-8-11-16-9-4-3-5-10-16/h3-7,9-10,12-13,19,21H,2,8,11,14-15H2,1H3. The van der Waals surface area contributed by atoms with Gasteiger partial charge in [-0.3, -0.25) is 0 Å². The molecule has 0 saturated carbocycles. The maximum atomic E-state index is 3.71. The molecule has 0 saturated heterocycles. The summed E-state index contributed by atoms with van der Waals surface area (Å²) in [5.74, 6) is 0. The Hall–Kier alpha value is -0.870. The van der Waals surface area contributed by atoms with Crippen LogP contribution in [0.4, 0.5) is 0 Å². The van der Waals surface area contributed by atoms with Crippen LogP contribution in [0.5, 0.6) is 0 Å². The zero-order valence-electron chi connectivity index (χ0n) is 12.7. The molecular weight excluding hydrogens is 369 g/mol. The Bertz CT molecular complexity index is 524. The number of halogens is 1. The average molecular weight is 393 g/mol. The molecule has 0 aliphatic rings. The monoisotopic (exact) mass is 393 g/mol. The molecule has 0 aliphatic carbocycles. The zero-order valence-corrected chi connectivity index (χ0v) is 14.8. The molecule has 0 heterocycles. The highest BCUT2D eigenvalue weighted by Gasteiger charge is 2.12. The zero-order chi connectivity index (χ0) is 14.9. The van der Waals surface area contributed by atoms with Gasteiger partial charge < -0.3 is 5.32 Å². The molecule has 1 atom stereocenters. The number of hydrogen-bond donors (Lipinski definition) is 1. The van der Waals surface area contributed by atoms with Crippen LogP contribution in [0.2, 0.25) is 0 Å². The minimum atomic E-state index is 0.474. The Morgan fingerprint density at radius 1 is 1.00 bits per heavy atom. The second-order valence-electron chi connectivity index (χ2n) is 5.41. The van der Waals surface area contributed by atoms with E-state index in [0.717, 1.165) is 13.0 Å². The second-order valence-corrected chi connectivity index (χ2v) is 6.57. The average Bonchev–Trinajstić information content (AvgIpc) is 2.52. The molecule has 0 aromatic heterocycles. The highest BCUT2D eigenvalue weighted by molar-refractivity contribution is 14.1. The van der Waals surface area contributed by atoms with E-state index < -0.39 is 0 Å². The summed E-state index contributed by atoms with van der Waals surface area (Å²) in [5.41, 5.74) is 2.88. The van der Waals surface area contributed by atoms with E-state index in [-0.39, 0.29) is 0 Å². The van der Waals surface area contributed by atoms with Crippen molar-refractivity contribution in [3.05, 3.63) is 69.3 Å². The molecule has 0 amide bonds. The first kappa shape index (κ1) is 16.5. The number of hydrogen-bond acceptors (Lipinski definition) is 1. The van der Waals surface area contributed by atoms with Gasteiger partial charge in [0, 0.05) is 9.61 Å². The van der Waals surface area contributed by atoms with Gasteiger partial charge in [0.05, 0.1) is 0 Å². The lowest BCUT2D eigenvalue weighted by atomic mass is 9.99. The van der Waals surface area contributed by atoms with Crippen molar-refractivity contribution in [1.82, 2.24) is 5.32 Å². The maximum absolute atomic E-state index is 3.71. The van der Waals surface area contributed by atoms with Crippen molar-refractivity contribution in [2.75, 3.05) is 6.54 Å². The third kappa shape index (κ3) is 5.44. The third-order valence-electron chi connectivity index (χ3n) is 3.72. The summed E-state index contributed by atoms with van der Waals surface area (Å²) in [6.45, 7) is 3.31. The van der Waals surface area contributed by atoms with Crippen LogP contribution < -0.4 is 5.32 Å². The number of aryl methyl sites for hydroxylation is 1. The van der Waals surface area contributed by atoms with E-state index in [1.165, 1.54) is 34.0 Å². The Morgan fingerprint density at radius 3 is 2.43 bits per heavy atom. The van der Waals surface area contributed by atoms with Crippen molar-refractivity contribution in [3.8, 4) is 0 Å². The minimum absolute atomic E-state index is 0.474. The second kappa shape index (κ2) is 9.21. The maximum Gasteiger partial charge on any atom is 0.0330 e. The largest absolute Gasteiger partial charge is 0.310 e. The Labute approximate surface area is 142 Å².